The van der Waals surface area contributed by atoms with Crippen LogP contribution >= 0.6 is 0 Å². The van der Waals surface area contributed by atoms with E-state index in [0.29, 0.717) is 5.95 Å². The van der Waals surface area contributed by atoms with Crippen LogP contribution in [0.3, 0.4) is 0 Å². The summed E-state index contributed by atoms with van der Waals surface area (Å²) in [6.07, 6.45) is 4.43. The van der Waals surface area contributed by atoms with E-state index in [1.54, 1.807) is 19.0 Å². The largest absolute Gasteiger partial charge is 0.391 e. The lowest BCUT2D eigenvalue weighted by Gasteiger charge is -2.35. The van der Waals surface area contributed by atoms with Gasteiger partial charge in [0, 0.05) is 14.1 Å². The molecule has 1 aromatic heterocycles. The molecule has 0 aromatic carbocycles. The highest BCUT2D eigenvalue weighted by Gasteiger charge is 2.29. The monoisotopic (exact) mass is 254 g/mol. The molecule has 18 heavy (non-hydrogen) atoms. The summed E-state index contributed by atoms with van der Waals surface area (Å²) in [6.45, 7) is 0. The fourth-order valence-electron chi connectivity index (χ4n) is 2.43. The van der Waals surface area contributed by atoms with Gasteiger partial charge in [0.05, 0.1) is 18.3 Å². The van der Waals surface area contributed by atoms with Gasteiger partial charge < -0.3 is 15.3 Å². The molecule has 1 aromatic rings. The second-order valence-electron chi connectivity index (χ2n) is 4.65. The number of aliphatic hydroxyl groups is 1. The molecular formula is C12H19FN4O. The van der Waals surface area contributed by atoms with Crippen molar-refractivity contribution in [3.8, 4) is 0 Å². The zero-order valence-corrected chi connectivity index (χ0v) is 10.7. The third-order valence-electron chi connectivity index (χ3n) is 3.47. The molecule has 6 heteroatoms. The van der Waals surface area contributed by atoms with E-state index in [0.717, 1.165) is 31.9 Å². The summed E-state index contributed by atoms with van der Waals surface area (Å²) in [7, 11) is 3.45. The maximum atomic E-state index is 13.8. The Morgan fingerprint density at radius 1 is 1.44 bits per heavy atom. The smallest absolute Gasteiger partial charge is 0.224 e. The van der Waals surface area contributed by atoms with Gasteiger partial charge in [-0.15, -0.1) is 0 Å². The van der Waals surface area contributed by atoms with E-state index in [9.17, 15) is 9.50 Å². The predicted molar refractivity (Wildman–Crippen MR) is 68.2 cm³/mol. The molecule has 2 unspecified atom stereocenters. The molecule has 0 saturated heterocycles. The molecule has 0 radical (unpaired) electrons. The lowest BCUT2D eigenvalue weighted by molar-refractivity contribution is 0.105. The van der Waals surface area contributed by atoms with E-state index in [4.69, 9.17) is 0 Å². The fraction of sp³-hybridized carbons (Fsp3) is 0.667. The van der Waals surface area contributed by atoms with Gasteiger partial charge in [0.15, 0.2) is 11.6 Å². The lowest BCUT2D eigenvalue weighted by Crippen LogP contribution is -2.44. The lowest BCUT2D eigenvalue weighted by atomic mass is 9.91. The average molecular weight is 254 g/mol. The molecule has 1 aliphatic rings. The highest BCUT2D eigenvalue weighted by Crippen LogP contribution is 2.27. The molecule has 1 saturated carbocycles. The van der Waals surface area contributed by atoms with Gasteiger partial charge in [-0.3, -0.25) is 0 Å². The van der Waals surface area contributed by atoms with Gasteiger partial charge in [0.25, 0.3) is 0 Å². The molecular weight excluding hydrogens is 235 g/mol. The quantitative estimate of drug-likeness (QED) is 0.853. The standard InChI is InChI=1S/C12H19FN4O/c1-14-12-15-7-8(13)11(16-12)17(2)9-5-3-4-6-10(9)18/h7,9-10,18H,3-6H2,1-2H3,(H,14,15,16). The number of anilines is 2. The Kier molecular flexibility index (Phi) is 3.96. The molecule has 5 nitrogen and oxygen atoms in total. The minimum Gasteiger partial charge on any atom is -0.391 e. The summed E-state index contributed by atoms with van der Waals surface area (Å²) in [5.41, 5.74) is 0. The van der Waals surface area contributed by atoms with Crippen molar-refractivity contribution in [2.45, 2.75) is 37.8 Å². The molecule has 1 aliphatic carbocycles. The summed E-state index contributed by atoms with van der Waals surface area (Å²) < 4.78 is 13.8. The Bertz CT molecular complexity index is 415. The Hall–Kier alpha value is -1.43. The number of nitrogens with zero attached hydrogens (tertiary/aromatic N) is 3. The van der Waals surface area contributed by atoms with Crippen LogP contribution in [0.25, 0.3) is 0 Å². The Labute approximate surface area is 106 Å². The van der Waals surface area contributed by atoms with Crippen LogP contribution in [-0.2, 0) is 0 Å². The Morgan fingerprint density at radius 2 is 2.17 bits per heavy atom. The normalized spacial score (nSPS) is 23.8. The van der Waals surface area contributed by atoms with Crippen molar-refractivity contribution < 1.29 is 9.50 Å². The van der Waals surface area contributed by atoms with Crippen LogP contribution in [-0.4, -0.2) is 41.3 Å². The number of rotatable bonds is 3. The van der Waals surface area contributed by atoms with Gasteiger partial charge in [-0.2, -0.15) is 4.98 Å². The number of aromatic nitrogens is 2. The topological polar surface area (TPSA) is 61.3 Å². The van der Waals surface area contributed by atoms with Crippen molar-refractivity contribution in [3.05, 3.63) is 12.0 Å². The molecule has 1 heterocycles. The van der Waals surface area contributed by atoms with Gasteiger partial charge >= 0.3 is 0 Å². The van der Waals surface area contributed by atoms with Gasteiger partial charge in [-0.05, 0) is 12.8 Å². The van der Waals surface area contributed by atoms with Gasteiger partial charge in [0.2, 0.25) is 5.95 Å². The first kappa shape index (κ1) is 13.0. The summed E-state index contributed by atoms with van der Waals surface area (Å²) in [4.78, 5) is 9.66. The minimum atomic E-state index is -0.464. The second kappa shape index (κ2) is 5.48. The number of halogens is 1. The second-order valence-corrected chi connectivity index (χ2v) is 4.65. The summed E-state index contributed by atoms with van der Waals surface area (Å²) in [5.74, 6) is 0.151. The van der Waals surface area contributed by atoms with E-state index < -0.39 is 11.9 Å². The van der Waals surface area contributed by atoms with Crippen molar-refractivity contribution in [1.29, 1.82) is 0 Å². The number of hydrogen-bond donors (Lipinski definition) is 2. The molecule has 0 bridgehead atoms. The van der Waals surface area contributed by atoms with Gasteiger partial charge in [-0.1, -0.05) is 12.8 Å². The summed E-state index contributed by atoms with van der Waals surface area (Å²) >= 11 is 0. The van der Waals surface area contributed by atoms with E-state index in [1.165, 1.54) is 0 Å². The van der Waals surface area contributed by atoms with Crippen LogP contribution in [0.1, 0.15) is 25.7 Å². The third-order valence-corrected chi connectivity index (χ3v) is 3.47. The van der Waals surface area contributed by atoms with Crippen molar-refractivity contribution >= 4 is 11.8 Å². The molecule has 2 atom stereocenters. The van der Waals surface area contributed by atoms with E-state index in [2.05, 4.69) is 15.3 Å². The molecule has 2 rings (SSSR count). The van der Waals surface area contributed by atoms with E-state index in [-0.39, 0.29) is 11.9 Å². The van der Waals surface area contributed by atoms with Crippen molar-refractivity contribution in [2.24, 2.45) is 0 Å². The zero-order valence-electron chi connectivity index (χ0n) is 10.7. The van der Waals surface area contributed by atoms with Crippen molar-refractivity contribution in [1.82, 2.24) is 9.97 Å². The first-order chi connectivity index (χ1) is 8.63. The van der Waals surface area contributed by atoms with Crippen LogP contribution < -0.4 is 10.2 Å². The van der Waals surface area contributed by atoms with Crippen LogP contribution in [0.2, 0.25) is 0 Å². The molecule has 1 fully saturated rings. The van der Waals surface area contributed by atoms with Crippen LogP contribution in [0.15, 0.2) is 6.20 Å². The number of likely N-dealkylation sites (N-methyl/N-ethyl adjacent to an activating group) is 1. The average Bonchev–Trinajstić information content (AvgIpc) is 2.39. The number of nitrogens with one attached hydrogen (secondary N) is 1. The highest BCUT2D eigenvalue weighted by atomic mass is 19.1. The Balaban J connectivity index is 2.23. The molecule has 2 N–H and O–H groups in total. The maximum Gasteiger partial charge on any atom is 0.224 e. The first-order valence-corrected chi connectivity index (χ1v) is 6.24. The third kappa shape index (κ3) is 2.53. The molecule has 0 amide bonds. The van der Waals surface area contributed by atoms with Crippen LogP contribution in [0.4, 0.5) is 16.2 Å². The molecule has 0 spiro atoms. The molecule has 0 aliphatic heterocycles. The minimum absolute atomic E-state index is 0.0761. The Morgan fingerprint density at radius 3 is 2.83 bits per heavy atom. The van der Waals surface area contributed by atoms with Gasteiger partial charge in [-0.25, -0.2) is 9.37 Å². The summed E-state index contributed by atoms with van der Waals surface area (Å²) in [5, 5.41) is 12.8. The highest BCUT2D eigenvalue weighted by molar-refractivity contribution is 5.44. The first-order valence-electron chi connectivity index (χ1n) is 6.24. The van der Waals surface area contributed by atoms with E-state index in [1.807, 2.05) is 0 Å². The fourth-order valence-corrected chi connectivity index (χ4v) is 2.43. The maximum absolute atomic E-state index is 13.8. The van der Waals surface area contributed by atoms with Crippen LogP contribution in [0.5, 0.6) is 0 Å². The van der Waals surface area contributed by atoms with Crippen molar-refractivity contribution in [3.63, 3.8) is 0 Å². The predicted octanol–water partition coefficient (Wildman–Crippen LogP) is 1.40. The van der Waals surface area contributed by atoms with E-state index >= 15 is 0 Å². The number of aliphatic hydroxyl groups excluding tert-OH is 1. The SMILES string of the molecule is CNc1ncc(F)c(N(C)C2CCCCC2O)n1. The number of hydrogen-bond acceptors (Lipinski definition) is 5. The van der Waals surface area contributed by atoms with Gasteiger partial charge in [0.1, 0.15) is 0 Å². The van der Waals surface area contributed by atoms with Crippen molar-refractivity contribution in [2.75, 3.05) is 24.3 Å². The zero-order chi connectivity index (χ0) is 13.1. The summed E-state index contributed by atoms with van der Waals surface area (Å²) in [6, 6.07) is -0.0761. The molecule has 100 valence electrons. The van der Waals surface area contributed by atoms with Crippen LogP contribution in [0, 0.1) is 5.82 Å².